The third-order valence-electron chi connectivity index (χ3n) is 4.39. The maximum Gasteiger partial charge on any atom is 0.274 e. The molecule has 7 heteroatoms. The Balaban J connectivity index is 1.41. The van der Waals surface area contributed by atoms with Crippen molar-refractivity contribution in [1.82, 2.24) is 15.2 Å². The van der Waals surface area contributed by atoms with Crippen LogP contribution in [0.4, 0.5) is 11.6 Å². The van der Waals surface area contributed by atoms with Crippen LogP contribution in [-0.4, -0.2) is 22.3 Å². The number of aromatic nitrogens is 3. The van der Waals surface area contributed by atoms with Crippen molar-refractivity contribution in [2.45, 2.75) is 6.42 Å². The standard InChI is InChI=1S/C23H20N4O3/c1-29-18-11-7-16(8-12-18)15-21-22(28)25-23(27-26-21)24-17-9-13-20(14-10-17)30-19-5-3-2-4-6-19/h2-14H,15H2,1H3,(H2,24,25,27,28). The molecule has 0 bridgehead atoms. The lowest BCUT2D eigenvalue weighted by atomic mass is 10.1. The highest BCUT2D eigenvalue weighted by molar-refractivity contribution is 5.54. The molecular weight excluding hydrogens is 380 g/mol. The van der Waals surface area contributed by atoms with Crippen molar-refractivity contribution in [3.63, 3.8) is 0 Å². The van der Waals surface area contributed by atoms with E-state index in [9.17, 15) is 4.79 Å². The van der Waals surface area contributed by atoms with Gasteiger partial charge >= 0.3 is 0 Å². The largest absolute Gasteiger partial charge is 0.497 e. The number of aromatic amines is 1. The van der Waals surface area contributed by atoms with Crippen molar-refractivity contribution >= 4 is 11.6 Å². The Morgan fingerprint density at radius 3 is 2.17 bits per heavy atom. The number of methoxy groups -OCH3 is 1. The molecule has 0 fully saturated rings. The Labute approximate surface area is 173 Å². The molecule has 3 aromatic carbocycles. The van der Waals surface area contributed by atoms with Gasteiger partial charge in [-0.25, -0.2) is 0 Å². The van der Waals surface area contributed by atoms with Gasteiger partial charge in [-0.3, -0.25) is 9.78 Å². The molecule has 0 atom stereocenters. The van der Waals surface area contributed by atoms with Gasteiger partial charge in [0, 0.05) is 12.1 Å². The topological polar surface area (TPSA) is 89.1 Å². The highest BCUT2D eigenvalue weighted by atomic mass is 16.5. The summed E-state index contributed by atoms with van der Waals surface area (Å²) in [4.78, 5) is 15.1. The average molecular weight is 400 g/mol. The lowest BCUT2D eigenvalue weighted by molar-refractivity contribution is 0.414. The van der Waals surface area contributed by atoms with E-state index in [-0.39, 0.29) is 11.5 Å². The molecule has 0 aliphatic rings. The molecule has 4 rings (SSSR count). The monoisotopic (exact) mass is 400 g/mol. The van der Waals surface area contributed by atoms with Crippen LogP contribution >= 0.6 is 0 Å². The van der Waals surface area contributed by atoms with E-state index in [1.165, 1.54) is 0 Å². The second-order valence-corrected chi connectivity index (χ2v) is 6.54. The first kappa shape index (κ1) is 19.2. The molecule has 0 spiro atoms. The van der Waals surface area contributed by atoms with E-state index in [0.29, 0.717) is 17.9 Å². The molecular formula is C23H20N4O3. The molecule has 0 aliphatic heterocycles. The molecule has 0 radical (unpaired) electrons. The van der Waals surface area contributed by atoms with Crippen LogP contribution < -0.4 is 20.3 Å². The van der Waals surface area contributed by atoms with Crippen LogP contribution in [0.1, 0.15) is 11.3 Å². The van der Waals surface area contributed by atoms with Crippen LogP contribution in [0.15, 0.2) is 83.7 Å². The fourth-order valence-electron chi connectivity index (χ4n) is 2.84. The first-order valence-corrected chi connectivity index (χ1v) is 9.38. The number of ether oxygens (including phenoxy) is 2. The molecule has 30 heavy (non-hydrogen) atoms. The molecule has 0 unspecified atom stereocenters. The average Bonchev–Trinajstić information content (AvgIpc) is 2.78. The maximum absolute atomic E-state index is 12.4. The van der Waals surface area contributed by atoms with Gasteiger partial charge in [-0.15, -0.1) is 10.2 Å². The summed E-state index contributed by atoms with van der Waals surface area (Å²) in [6.45, 7) is 0. The van der Waals surface area contributed by atoms with Crippen LogP contribution in [0.25, 0.3) is 0 Å². The van der Waals surface area contributed by atoms with E-state index in [1.807, 2.05) is 78.9 Å². The molecule has 150 valence electrons. The van der Waals surface area contributed by atoms with Gasteiger partial charge in [0.2, 0.25) is 5.95 Å². The second-order valence-electron chi connectivity index (χ2n) is 6.54. The van der Waals surface area contributed by atoms with Gasteiger partial charge in [0.05, 0.1) is 7.11 Å². The van der Waals surface area contributed by atoms with E-state index >= 15 is 0 Å². The second kappa shape index (κ2) is 8.91. The molecule has 0 saturated heterocycles. The summed E-state index contributed by atoms with van der Waals surface area (Å²) in [5.74, 6) is 2.51. The van der Waals surface area contributed by atoms with Gasteiger partial charge in [-0.2, -0.15) is 0 Å². The molecule has 0 amide bonds. The molecule has 1 heterocycles. The summed E-state index contributed by atoms with van der Waals surface area (Å²) in [7, 11) is 1.61. The fourth-order valence-corrected chi connectivity index (χ4v) is 2.84. The van der Waals surface area contributed by atoms with Gasteiger partial charge in [0.25, 0.3) is 5.56 Å². The van der Waals surface area contributed by atoms with Crippen molar-refractivity contribution in [2.24, 2.45) is 0 Å². The number of nitrogens with zero attached hydrogens (tertiary/aromatic N) is 2. The van der Waals surface area contributed by atoms with Gasteiger partial charge in [-0.05, 0) is 54.1 Å². The number of hydrogen-bond acceptors (Lipinski definition) is 6. The van der Waals surface area contributed by atoms with E-state index < -0.39 is 0 Å². The Kier molecular flexibility index (Phi) is 5.70. The zero-order valence-corrected chi connectivity index (χ0v) is 16.3. The first-order chi connectivity index (χ1) is 14.7. The molecule has 0 saturated carbocycles. The predicted octanol–water partition coefficient (Wildman–Crippen LogP) is 4.30. The van der Waals surface area contributed by atoms with Gasteiger partial charge in [0.15, 0.2) is 0 Å². The molecule has 4 aromatic rings. The quantitative estimate of drug-likeness (QED) is 0.481. The number of anilines is 2. The lowest BCUT2D eigenvalue weighted by Crippen LogP contribution is -2.18. The summed E-state index contributed by atoms with van der Waals surface area (Å²) in [6.07, 6.45) is 0.387. The van der Waals surface area contributed by atoms with Crippen LogP contribution in [0.2, 0.25) is 0 Å². The Morgan fingerprint density at radius 2 is 1.50 bits per heavy atom. The van der Waals surface area contributed by atoms with Crippen LogP contribution in [0, 0.1) is 0 Å². The number of hydrogen-bond donors (Lipinski definition) is 2. The predicted molar refractivity (Wildman–Crippen MR) is 115 cm³/mol. The zero-order chi connectivity index (χ0) is 20.8. The minimum atomic E-state index is -0.285. The van der Waals surface area contributed by atoms with Crippen LogP contribution in [0.3, 0.4) is 0 Å². The highest BCUT2D eigenvalue weighted by Crippen LogP contribution is 2.23. The van der Waals surface area contributed by atoms with Gasteiger partial charge in [0.1, 0.15) is 22.9 Å². The van der Waals surface area contributed by atoms with Crippen LogP contribution in [-0.2, 0) is 6.42 Å². The molecule has 0 aliphatic carbocycles. The molecule has 1 aromatic heterocycles. The van der Waals surface area contributed by atoms with Crippen molar-refractivity contribution in [3.05, 3.63) is 100 Å². The third-order valence-corrected chi connectivity index (χ3v) is 4.39. The fraction of sp³-hybridized carbons (Fsp3) is 0.0870. The van der Waals surface area contributed by atoms with E-state index in [4.69, 9.17) is 9.47 Å². The minimum absolute atomic E-state index is 0.273. The summed E-state index contributed by atoms with van der Waals surface area (Å²) < 4.78 is 10.9. The SMILES string of the molecule is COc1ccc(Cc2nnc(Nc3ccc(Oc4ccccc4)cc3)[nH]c2=O)cc1. The number of H-pyrrole nitrogens is 1. The van der Waals surface area contributed by atoms with Crippen LogP contribution in [0.5, 0.6) is 17.2 Å². The first-order valence-electron chi connectivity index (χ1n) is 9.38. The normalized spacial score (nSPS) is 10.4. The van der Waals surface area contributed by atoms with Gasteiger partial charge < -0.3 is 14.8 Å². The van der Waals surface area contributed by atoms with Crippen molar-refractivity contribution in [1.29, 1.82) is 0 Å². The molecule has 7 nitrogen and oxygen atoms in total. The number of para-hydroxylation sites is 1. The van der Waals surface area contributed by atoms with Crippen molar-refractivity contribution in [3.8, 4) is 17.2 Å². The van der Waals surface area contributed by atoms with E-state index in [2.05, 4.69) is 20.5 Å². The molecule has 2 N–H and O–H groups in total. The third kappa shape index (κ3) is 4.82. The zero-order valence-electron chi connectivity index (χ0n) is 16.3. The van der Waals surface area contributed by atoms with Gasteiger partial charge in [-0.1, -0.05) is 30.3 Å². The minimum Gasteiger partial charge on any atom is -0.497 e. The summed E-state index contributed by atoms with van der Waals surface area (Å²) >= 11 is 0. The smallest absolute Gasteiger partial charge is 0.274 e. The summed E-state index contributed by atoms with van der Waals surface area (Å²) in [5.41, 5.74) is 1.76. The highest BCUT2D eigenvalue weighted by Gasteiger charge is 2.07. The number of rotatable bonds is 7. The lowest BCUT2D eigenvalue weighted by Gasteiger charge is -2.08. The Hall–Kier alpha value is -4.13. The van der Waals surface area contributed by atoms with Crippen molar-refractivity contribution < 1.29 is 9.47 Å². The summed E-state index contributed by atoms with van der Waals surface area (Å²) in [5, 5.41) is 11.2. The Bertz CT molecular complexity index is 1160. The van der Waals surface area contributed by atoms with Crippen molar-refractivity contribution in [2.75, 3.05) is 12.4 Å². The Morgan fingerprint density at radius 1 is 0.833 bits per heavy atom. The number of nitrogens with one attached hydrogen (secondary N) is 2. The van der Waals surface area contributed by atoms with E-state index in [0.717, 1.165) is 22.7 Å². The maximum atomic E-state index is 12.4. The summed E-state index contributed by atoms with van der Waals surface area (Å²) in [6, 6.07) is 24.4. The van der Waals surface area contributed by atoms with E-state index in [1.54, 1.807) is 7.11 Å². The number of benzene rings is 3.